The molecule has 1 heterocycles. The van der Waals surface area contributed by atoms with Crippen molar-refractivity contribution in [2.45, 2.75) is 0 Å². The van der Waals surface area contributed by atoms with E-state index in [-0.39, 0.29) is 0 Å². The van der Waals surface area contributed by atoms with Gasteiger partial charge < -0.3 is 0 Å². The van der Waals surface area contributed by atoms with Gasteiger partial charge in [-0.3, -0.25) is 0 Å². The molecule has 0 spiro atoms. The van der Waals surface area contributed by atoms with Gasteiger partial charge in [0, 0.05) is 22.3 Å². The molecule has 3 heteroatoms. The molecule has 0 bridgehead atoms. The van der Waals surface area contributed by atoms with Gasteiger partial charge in [-0.05, 0) is 72.6 Å². The molecule has 0 N–H and O–H groups in total. The van der Waals surface area contributed by atoms with Crippen LogP contribution in [-0.4, -0.2) is 15.0 Å². The van der Waals surface area contributed by atoms with Crippen molar-refractivity contribution in [1.82, 2.24) is 15.0 Å². The Hall–Kier alpha value is -6.71. The van der Waals surface area contributed by atoms with E-state index in [9.17, 15) is 0 Å². The van der Waals surface area contributed by atoms with Gasteiger partial charge in [-0.15, -0.1) is 0 Å². The fourth-order valence-electron chi connectivity index (χ4n) is 7.49. The fourth-order valence-corrected chi connectivity index (χ4v) is 7.49. The van der Waals surface area contributed by atoms with Crippen molar-refractivity contribution >= 4 is 21.5 Å². The first kappa shape index (κ1) is 28.3. The standard InChI is InChI=1S/C47H29N3/c1-3-12-32(13-4-1)38-27-28-41(44-40-20-10-18-33-17-9-19-39(42(33)40)43(38)44)47-49-45(34-14-5-2-6-15-34)48-46(50-47)35-24-21-31(22-25-35)37-26-23-30-11-7-8-16-36(30)29-37/h1-29H. The van der Waals surface area contributed by atoms with Gasteiger partial charge >= 0.3 is 0 Å². The zero-order valence-corrected chi connectivity index (χ0v) is 27.1. The molecule has 0 amide bonds. The highest BCUT2D eigenvalue weighted by Crippen LogP contribution is 2.54. The Morgan fingerprint density at radius 2 is 0.760 bits per heavy atom. The minimum absolute atomic E-state index is 0.647. The number of fused-ring (bicyclic) bond motifs is 4. The smallest absolute Gasteiger partial charge is 0.164 e. The van der Waals surface area contributed by atoms with E-state index < -0.39 is 0 Å². The summed E-state index contributed by atoms with van der Waals surface area (Å²) >= 11 is 0. The number of nitrogens with zero attached hydrogens (tertiary/aromatic N) is 3. The molecular weight excluding hydrogens is 607 g/mol. The lowest BCUT2D eigenvalue weighted by molar-refractivity contribution is 1.07. The van der Waals surface area contributed by atoms with E-state index >= 15 is 0 Å². The normalized spacial score (nSPS) is 11.6. The maximum absolute atomic E-state index is 5.23. The van der Waals surface area contributed by atoms with Crippen LogP contribution in [0.3, 0.4) is 0 Å². The minimum Gasteiger partial charge on any atom is -0.208 e. The summed E-state index contributed by atoms with van der Waals surface area (Å²) in [5, 5.41) is 4.97. The van der Waals surface area contributed by atoms with Gasteiger partial charge in [0.05, 0.1) is 0 Å². The second-order valence-corrected chi connectivity index (χ2v) is 12.8. The SMILES string of the molecule is c1ccc(-c2nc(-c3ccc(-c4ccc5ccccc5c4)cc3)nc(-c3ccc(-c4ccccc4)c4c3-c3cccc5cccc-4c35)n2)cc1. The zero-order chi connectivity index (χ0) is 33.0. The first-order chi connectivity index (χ1) is 24.8. The molecule has 0 radical (unpaired) electrons. The highest BCUT2D eigenvalue weighted by atomic mass is 15.0. The largest absolute Gasteiger partial charge is 0.208 e. The van der Waals surface area contributed by atoms with Crippen LogP contribution in [0, 0.1) is 0 Å². The van der Waals surface area contributed by atoms with E-state index in [4.69, 9.17) is 15.0 Å². The minimum atomic E-state index is 0.647. The number of rotatable bonds is 5. The van der Waals surface area contributed by atoms with Crippen molar-refractivity contribution in [3.8, 4) is 78.7 Å². The monoisotopic (exact) mass is 635 g/mol. The van der Waals surface area contributed by atoms with E-state index in [1.165, 1.54) is 60.5 Å². The van der Waals surface area contributed by atoms with Gasteiger partial charge in [0.15, 0.2) is 17.5 Å². The number of aromatic nitrogens is 3. The van der Waals surface area contributed by atoms with Crippen LogP contribution in [-0.2, 0) is 0 Å². The Morgan fingerprint density at radius 3 is 1.46 bits per heavy atom. The van der Waals surface area contributed by atoms with Gasteiger partial charge in [0.2, 0.25) is 0 Å². The molecule has 3 nitrogen and oxygen atoms in total. The third-order valence-corrected chi connectivity index (χ3v) is 9.87. The summed E-state index contributed by atoms with van der Waals surface area (Å²) in [5.74, 6) is 1.96. The molecule has 0 unspecified atom stereocenters. The fraction of sp³-hybridized carbons (Fsp3) is 0. The third kappa shape index (κ3) is 4.63. The Balaban J connectivity index is 1.17. The first-order valence-corrected chi connectivity index (χ1v) is 16.9. The molecule has 0 saturated carbocycles. The quantitative estimate of drug-likeness (QED) is 0.189. The second kappa shape index (κ2) is 11.5. The summed E-state index contributed by atoms with van der Waals surface area (Å²) in [6.07, 6.45) is 0. The van der Waals surface area contributed by atoms with E-state index in [2.05, 4.69) is 158 Å². The van der Waals surface area contributed by atoms with Crippen molar-refractivity contribution in [2.24, 2.45) is 0 Å². The van der Waals surface area contributed by atoms with Crippen molar-refractivity contribution < 1.29 is 0 Å². The highest BCUT2D eigenvalue weighted by molar-refractivity contribution is 6.20. The molecule has 1 aliphatic rings. The van der Waals surface area contributed by atoms with Crippen LogP contribution >= 0.6 is 0 Å². The average molecular weight is 636 g/mol. The summed E-state index contributed by atoms with van der Waals surface area (Å²) in [5.41, 5.74) is 12.5. The second-order valence-electron chi connectivity index (χ2n) is 12.8. The maximum Gasteiger partial charge on any atom is 0.164 e. The predicted octanol–water partition coefficient (Wildman–Crippen LogP) is 12.2. The lowest BCUT2D eigenvalue weighted by Gasteiger charge is -2.16. The first-order valence-electron chi connectivity index (χ1n) is 16.9. The lowest BCUT2D eigenvalue weighted by Crippen LogP contribution is -2.01. The Morgan fingerprint density at radius 1 is 0.260 bits per heavy atom. The van der Waals surface area contributed by atoms with Crippen LogP contribution in [0.2, 0.25) is 0 Å². The molecule has 0 atom stereocenters. The number of hydrogen-bond donors (Lipinski definition) is 0. The van der Waals surface area contributed by atoms with Crippen molar-refractivity contribution in [1.29, 1.82) is 0 Å². The zero-order valence-electron chi connectivity index (χ0n) is 27.1. The topological polar surface area (TPSA) is 38.7 Å². The third-order valence-electron chi connectivity index (χ3n) is 9.87. The summed E-state index contributed by atoms with van der Waals surface area (Å²) in [6, 6.07) is 62.1. The summed E-state index contributed by atoms with van der Waals surface area (Å²) in [4.78, 5) is 15.5. The molecule has 8 aromatic carbocycles. The van der Waals surface area contributed by atoms with Gasteiger partial charge in [-0.1, -0.05) is 164 Å². The molecule has 9 aromatic rings. The molecular formula is C47H29N3. The summed E-state index contributed by atoms with van der Waals surface area (Å²) in [7, 11) is 0. The van der Waals surface area contributed by atoms with E-state index in [0.717, 1.165) is 22.3 Å². The van der Waals surface area contributed by atoms with Crippen molar-refractivity contribution in [3.63, 3.8) is 0 Å². The Labute approximate surface area is 290 Å². The van der Waals surface area contributed by atoms with Crippen LogP contribution < -0.4 is 0 Å². The van der Waals surface area contributed by atoms with Crippen LogP contribution in [0.5, 0.6) is 0 Å². The molecule has 232 valence electrons. The van der Waals surface area contributed by atoms with Crippen LogP contribution in [0.25, 0.3) is 100 Å². The number of hydrogen-bond acceptors (Lipinski definition) is 3. The van der Waals surface area contributed by atoms with E-state index in [1.807, 2.05) is 18.2 Å². The molecule has 0 fully saturated rings. The van der Waals surface area contributed by atoms with Crippen molar-refractivity contribution in [2.75, 3.05) is 0 Å². The summed E-state index contributed by atoms with van der Waals surface area (Å²) in [6.45, 7) is 0. The van der Waals surface area contributed by atoms with Gasteiger partial charge in [0.1, 0.15) is 0 Å². The Bertz CT molecular complexity index is 2730. The van der Waals surface area contributed by atoms with Crippen LogP contribution in [0.15, 0.2) is 176 Å². The molecule has 10 rings (SSSR count). The van der Waals surface area contributed by atoms with Crippen molar-refractivity contribution in [3.05, 3.63) is 176 Å². The number of benzene rings is 8. The Kier molecular flexibility index (Phi) is 6.49. The molecule has 1 aromatic heterocycles. The highest BCUT2D eigenvalue weighted by Gasteiger charge is 2.28. The maximum atomic E-state index is 5.23. The molecule has 0 aliphatic heterocycles. The van der Waals surface area contributed by atoms with E-state index in [1.54, 1.807) is 0 Å². The lowest BCUT2D eigenvalue weighted by atomic mass is 9.90. The van der Waals surface area contributed by atoms with Gasteiger partial charge in [-0.25, -0.2) is 15.0 Å². The summed E-state index contributed by atoms with van der Waals surface area (Å²) < 4.78 is 0. The predicted molar refractivity (Wildman–Crippen MR) is 206 cm³/mol. The molecule has 0 saturated heterocycles. The van der Waals surface area contributed by atoms with Gasteiger partial charge in [0.25, 0.3) is 0 Å². The molecule has 1 aliphatic carbocycles. The molecule has 50 heavy (non-hydrogen) atoms. The van der Waals surface area contributed by atoms with E-state index in [0.29, 0.717) is 17.5 Å². The van der Waals surface area contributed by atoms with Crippen LogP contribution in [0.4, 0.5) is 0 Å². The average Bonchev–Trinajstić information content (AvgIpc) is 3.54. The van der Waals surface area contributed by atoms with Crippen LogP contribution in [0.1, 0.15) is 0 Å². The van der Waals surface area contributed by atoms with Gasteiger partial charge in [-0.2, -0.15) is 0 Å².